The first-order valence-corrected chi connectivity index (χ1v) is 14.0. The molecule has 5 rings (SSSR count). The number of sulfonamides is 1. The van der Waals surface area contributed by atoms with Crippen LogP contribution < -0.4 is 10.8 Å². The van der Waals surface area contributed by atoms with Gasteiger partial charge >= 0.3 is 0 Å². The highest BCUT2D eigenvalue weighted by molar-refractivity contribution is 9.10. The van der Waals surface area contributed by atoms with E-state index in [0.717, 1.165) is 41.0 Å². The van der Waals surface area contributed by atoms with Crippen molar-refractivity contribution in [1.82, 2.24) is 18.9 Å². The van der Waals surface area contributed by atoms with Crippen LogP contribution in [0.5, 0.6) is 0 Å². The molecule has 1 aliphatic rings. The highest BCUT2D eigenvalue weighted by atomic mass is 79.9. The molecule has 1 aliphatic heterocycles. The molecule has 1 saturated heterocycles. The zero-order valence-electron chi connectivity index (χ0n) is 19.2. The number of hydrogen-bond donors (Lipinski definition) is 1. The van der Waals surface area contributed by atoms with Crippen molar-refractivity contribution in [3.8, 4) is 11.3 Å². The van der Waals surface area contributed by atoms with Gasteiger partial charge in [-0.2, -0.15) is 13.9 Å². The van der Waals surface area contributed by atoms with E-state index >= 15 is 0 Å². The molecule has 180 valence electrons. The van der Waals surface area contributed by atoms with Gasteiger partial charge < -0.3 is 5.32 Å². The molecule has 7 nitrogen and oxygen atoms in total. The largest absolute Gasteiger partial charge is 0.370 e. The van der Waals surface area contributed by atoms with E-state index in [1.807, 2.05) is 44.2 Å². The number of piperidine rings is 1. The van der Waals surface area contributed by atoms with Crippen LogP contribution in [0.25, 0.3) is 16.9 Å². The van der Waals surface area contributed by atoms with Crippen LogP contribution in [0.1, 0.15) is 12.8 Å². The van der Waals surface area contributed by atoms with Crippen LogP contribution in [-0.2, 0) is 10.0 Å². The summed E-state index contributed by atoms with van der Waals surface area (Å²) in [6, 6.07) is 16.5. The number of fused-ring (bicyclic) bond motifs is 1. The normalized spacial score (nSPS) is 17.0. The molecule has 1 atom stereocenters. The molecule has 1 N–H and O–H groups in total. The molecular formula is C24H24BBrClN5O2S. The number of benzene rings is 2. The number of rotatable bonds is 6. The number of aromatic nitrogens is 3. The van der Waals surface area contributed by atoms with Crippen LogP contribution in [0.3, 0.4) is 0 Å². The molecule has 4 aromatic rings. The van der Waals surface area contributed by atoms with Crippen LogP contribution in [-0.4, -0.2) is 54.8 Å². The predicted molar refractivity (Wildman–Crippen MR) is 146 cm³/mol. The van der Waals surface area contributed by atoms with E-state index in [0.29, 0.717) is 34.0 Å². The van der Waals surface area contributed by atoms with Crippen molar-refractivity contribution < 1.29 is 8.42 Å². The lowest BCUT2D eigenvalue weighted by Gasteiger charge is -2.32. The summed E-state index contributed by atoms with van der Waals surface area (Å²) in [6.45, 7) is 1.59. The van der Waals surface area contributed by atoms with Gasteiger partial charge in [-0.25, -0.2) is 13.4 Å². The van der Waals surface area contributed by atoms with Crippen molar-refractivity contribution >= 4 is 62.3 Å². The average Bonchev–Trinajstić information content (AvgIpc) is 3.24. The first-order chi connectivity index (χ1) is 16.8. The third-order valence-electron chi connectivity index (χ3n) is 6.31. The second-order valence-corrected chi connectivity index (χ2v) is 11.9. The van der Waals surface area contributed by atoms with E-state index in [9.17, 15) is 8.42 Å². The van der Waals surface area contributed by atoms with Crippen molar-refractivity contribution in [3.63, 3.8) is 0 Å². The first-order valence-electron chi connectivity index (χ1n) is 11.4. The van der Waals surface area contributed by atoms with Crippen LogP contribution in [0, 0.1) is 5.92 Å². The second-order valence-electron chi connectivity index (χ2n) is 8.75. The quantitative estimate of drug-likeness (QED) is 0.358. The molecule has 0 bridgehead atoms. The third kappa shape index (κ3) is 4.85. The van der Waals surface area contributed by atoms with E-state index in [2.05, 4.69) is 26.3 Å². The maximum absolute atomic E-state index is 13.3. The molecule has 0 spiro atoms. The minimum atomic E-state index is -3.57. The Labute approximate surface area is 219 Å². The van der Waals surface area contributed by atoms with Crippen LogP contribution in [0.2, 0.25) is 5.02 Å². The Hall–Kier alpha value is -2.40. The van der Waals surface area contributed by atoms with Crippen molar-refractivity contribution in [1.29, 1.82) is 0 Å². The van der Waals surface area contributed by atoms with Gasteiger partial charge in [0, 0.05) is 47.0 Å². The molecule has 1 unspecified atom stereocenters. The van der Waals surface area contributed by atoms with Gasteiger partial charge in [-0.3, -0.25) is 0 Å². The monoisotopic (exact) mass is 571 g/mol. The number of nitrogens with one attached hydrogen (secondary N) is 1. The molecule has 2 aromatic carbocycles. The number of nitrogens with zero attached hydrogens (tertiary/aromatic N) is 4. The Bertz CT molecular complexity index is 1500. The molecule has 35 heavy (non-hydrogen) atoms. The van der Waals surface area contributed by atoms with E-state index in [1.54, 1.807) is 33.2 Å². The second kappa shape index (κ2) is 9.93. The molecule has 3 heterocycles. The topological polar surface area (TPSA) is 79.6 Å². The smallest absolute Gasteiger partial charge is 0.244 e. The Morgan fingerprint density at radius 2 is 1.94 bits per heavy atom. The van der Waals surface area contributed by atoms with Gasteiger partial charge in [0.25, 0.3) is 0 Å². The summed E-state index contributed by atoms with van der Waals surface area (Å²) < 4.78 is 30.5. The average molecular weight is 573 g/mol. The lowest BCUT2D eigenvalue weighted by atomic mass is 9.99. The van der Waals surface area contributed by atoms with Crippen molar-refractivity contribution in [2.75, 3.05) is 25.0 Å². The minimum Gasteiger partial charge on any atom is -0.370 e. The van der Waals surface area contributed by atoms with Gasteiger partial charge in [0.05, 0.1) is 10.6 Å². The van der Waals surface area contributed by atoms with Gasteiger partial charge in [0.2, 0.25) is 10.0 Å². The lowest BCUT2D eigenvalue weighted by molar-refractivity contribution is 0.275. The molecule has 11 heteroatoms. The molecule has 0 aliphatic carbocycles. The fraction of sp³-hybridized carbons (Fsp3) is 0.250. The molecule has 0 saturated carbocycles. The molecule has 1 fully saturated rings. The minimum absolute atomic E-state index is 0.157. The fourth-order valence-corrected chi connectivity index (χ4v) is 7.21. The molecule has 0 radical (unpaired) electrons. The molecule has 0 amide bonds. The maximum Gasteiger partial charge on any atom is 0.244 e. The maximum atomic E-state index is 13.3. The van der Waals surface area contributed by atoms with Gasteiger partial charge in [-0.15, -0.1) is 0 Å². The SMILES string of the molecule is Bc1cnn2c(NCC3CCCN(S(=O)(=O)c4ccccc4Br)C3)cc(-c3ccccc3Cl)nc12. The van der Waals surface area contributed by atoms with Gasteiger partial charge in [-0.05, 0) is 58.4 Å². The van der Waals surface area contributed by atoms with Gasteiger partial charge in [0.15, 0.2) is 5.65 Å². The van der Waals surface area contributed by atoms with Gasteiger partial charge in [-0.1, -0.05) is 41.9 Å². The lowest BCUT2D eigenvalue weighted by Crippen LogP contribution is -2.42. The third-order valence-corrected chi connectivity index (χ3v) is 9.51. The number of hydrogen-bond acceptors (Lipinski definition) is 5. The van der Waals surface area contributed by atoms with Crippen LogP contribution in [0.15, 0.2) is 70.2 Å². The van der Waals surface area contributed by atoms with E-state index < -0.39 is 10.0 Å². The highest BCUT2D eigenvalue weighted by Gasteiger charge is 2.31. The summed E-state index contributed by atoms with van der Waals surface area (Å²) in [5.74, 6) is 0.952. The van der Waals surface area contributed by atoms with Crippen molar-refractivity contribution in [2.45, 2.75) is 17.7 Å². The van der Waals surface area contributed by atoms with Crippen molar-refractivity contribution in [3.05, 3.63) is 70.3 Å². The summed E-state index contributed by atoms with van der Waals surface area (Å²) in [7, 11) is -1.60. The van der Waals surface area contributed by atoms with Crippen LogP contribution in [0.4, 0.5) is 5.82 Å². The highest BCUT2D eigenvalue weighted by Crippen LogP contribution is 2.30. The Morgan fingerprint density at radius 1 is 1.17 bits per heavy atom. The van der Waals surface area contributed by atoms with E-state index in [1.165, 1.54) is 0 Å². The summed E-state index contributed by atoms with van der Waals surface area (Å²) >= 11 is 9.83. The number of halogens is 2. The summed E-state index contributed by atoms with van der Waals surface area (Å²) in [5, 5.41) is 8.63. The van der Waals surface area contributed by atoms with E-state index in [-0.39, 0.29) is 5.92 Å². The summed E-state index contributed by atoms with van der Waals surface area (Å²) in [5.41, 5.74) is 3.33. The molecular weight excluding hydrogens is 549 g/mol. The zero-order chi connectivity index (χ0) is 24.6. The molecule has 2 aromatic heterocycles. The zero-order valence-corrected chi connectivity index (χ0v) is 22.3. The standard InChI is InChI=1S/C24H24BBrClN5O2S/c25-18-14-29-32-23(12-21(30-24(18)32)17-7-1-3-9-20(17)27)28-13-16-6-5-11-31(15-16)35(33,34)22-10-4-2-8-19(22)26/h1-4,7-10,12,14,16,28H,5-6,11,13,15,25H2. The summed E-state index contributed by atoms with van der Waals surface area (Å²) in [6.07, 6.45) is 3.54. The summed E-state index contributed by atoms with van der Waals surface area (Å²) in [4.78, 5) is 5.10. The Balaban J connectivity index is 1.39. The fourth-order valence-electron chi connectivity index (χ4n) is 4.46. The van der Waals surface area contributed by atoms with Crippen molar-refractivity contribution in [2.24, 2.45) is 5.92 Å². The number of anilines is 1. The van der Waals surface area contributed by atoms with Crippen LogP contribution >= 0.6 is 27.5 Å². The Morgan fingerprint density at radius 3 is 2.74 bits per heavy atom. The van der Waals surface area contributed by atoms with E-state index in [4.69, 9.17) is 16.6 Å². The first kappa shape index (κ1) is 24.3. The van der Waals surface area contributed by atoms with Gasteiger partial charge in [0.1, 0.15) is 13.7 Å². The predicted octanol–water partition coefficient (Wildman–Crippen LogP) is 3.58. The Kier molecular flexibility index (Phi) is 6.89.